The maximum absolute atomic E-state index is 6.08. The van der Waals surface area contributed by atoms with Gasteiger partial charge in [0, 0.05) is 30.2 Å². The SMILES string of the molecule is Cc1ccc2c(oc3ccccc32)c1N1[C]N(C)C=C1. The van der Waals surface area contributed by atoms with Gasteiger partial charge in [-0.25, -0.2) is 0 Å². The van der Waals surface area contributed by atoms with Crippen molar-refractivity contribution in [3.05, 3.63) is 61.0 Å². The van der Waals surface area contributed by atoms with Gasteiger partial charge in [0.2, 0.25) is 6.67 Å². The van der Waals surface area contributed by atoms with Crippen molar-refractivity contribution >= 4 is 27.6 Å². The summed E-state index contributed by atoms with van der Waals surface area (Å²) in [6, 6.07) is 12.4. The lowest BCUT2D eigenvalue weighted by molar-refractivity contribution is 0.573. The van der Waals surface area contributed by atoms with E-state index in [0.29, 0.717) is 0 Å². The van der Waals surface area contributed by atoms with E-state index >= 15 is 0 Å². The molecule has 20 heavy (non-hydrogen) atoms. The predicted octanol–water partition coefficient (Wildman–Crippen LogP) is 4.11. The summed E-state index contributed by atoms with van der Waals surface area (Å²) < 4.78 is 6.08. The van der Waals surface area contributed by atoms with Crippen LogP contribution in [-0.2, 0) is 0 Å². The summed E-state index contributed by atoms with van der Waals surface area (Å²) in [6.07, 6.45) is 3.97. The maximum Gasteiger partial charge on any atom is 0.212 e. The van der Waals surface area contributed by atoms with Gasteiger partial charge in [0.05, 0.1) is 5.69 Å². The topological polar surface area (TPSA) is 19.6 Å². The fourth-order valence-electron chi connectivity index (χ4n) is 2.70. The van der Waals surface area contributed by atoms with Crippen LogP contribution in [0.25, 0.3) is 21.9 Å². The molecule has 0 fully saturated rings. The summed E-state index contributed by atoms with van der Waals surface area (Å²) in [7, 11) is 1.96. The van der Waals surface area contributed by atoms with Crippen LogP contribution in [0.2, 0.25) is 0 Å². The van der Waals surface area contributed by atoms with Crippen LogP contribution in [0.1, 0.15) is 5.56 Å². The Kier molecular flexibility index (Phi) is 2.30. The van der Waals surface area contributed by atoms with E-state index in [9.17, 15) is 0 Å². The quantitative estimate of drug-likeness (QED) is 0.658. The second kappa shape index (κ2) is 4.04. The first-order valence-corrected chi connectivity index (χ1v) is 6.61. The van der Waals surface area contributed by atoms with Gasteiger partial charge >= 0.3 is 0 Å². The van der Waals surface area contributed by atoms with Crippen molar-refractivity contribution in [2.45, 2.75) is 6.92 Å². The van der Waals surface area contributed by atoms with Crippen LogP contribution in [0.15, 0.2) is 53.2 Å². The molecule has 2 aromatic carbocycles. The lowest BCUT2D eigenvalue weighted by Crippen LogP contribution is -2.16. The molecule has 0 spiro atoms. The molecular formula is C17H14N2O. The standard InChI is InChI=1S/C17H14N2O/c1-12-7-8-14-13-5-3-4-6-15(13)20-17(14)16(12)19-10-9-18(2)11-19/h3-10H,1-2H3. The van der Waals surface area contributed by atoms with E-state index in [4.69, 9.17) is 4.42 Å². The third kappa shape index (κ3) is 1.53. The minimum Gasteiger partial charge on any atom is -0.454 e. The maximum atomic E-state index is 6.08. The normalized spacial score (nSPS) is 14.9. The van der Waals surface area contributed by atoms with E-state index < -0.39 is 0 Å². The van der Waals surface area contributed by atoms with Crippen molar-refractivity contribution in [2.75, 3.05) is 11.9 Å². The monoisotopic (exact) mass is 262 g/mol. The Morgan fingerprint density at radius 1 is 1.00 bits per heavy atom. The van der Waals surface area contributed by atoms with E-state index in [1.807, 2.05) is 47.4 Å². The first kappa shape index (κ1) is 11.4. The Bertz CT molecular complexity index is 831. The summed E-state index contributed by atoms with van der Waals surface area (Å²) in [6.45, 7) is 5.34. The van der Waals surface area contributed by atoms with E-state index in [1.54, 1.807) is 0 Å². The zero-order valence-electron chi connectivity index (χ0n) is 11.4. The van der Waals surface area contributed by atoms with Crippen LogP contribution >= 0.6 is 0 Å². The molecule has 3 nitrogen and oxygen atoms in total. The third-order valence-electron chi connectivity index (χ3n) is 3.67. The molecule has 0 saturated carbocycles. The van der Waals surface area contributed by atoms with Crippen molar-refractivity contribution in [1.29, 1.82) is 0 Å². The molecule has 0 atom stereocenters. The predicted molar refractivity (Wildman–Crippen MR) is 81.1 cm³/mol. The number of nitrogens with zero attached hydrogens (tertiary/aromatic N) is 2. The van der Waals surface area contributed by atoms with Crippen LogP contribution in [0.3, 0.4) is 0 Å². The lowest BCUT2D eigenvalue weighted by Gasteiger charge is -2.18. The van der Waals surface area contributed by atoms with Crippen LogP contribution in [0.4, 0.5) is 5.69 Å². The van der Waals surface area contributed by atoms with E-state index in [2.05, 4.69) is 31.8 Å². The molecule has 0 saturated heterocycles. The molecule has 1 aromatic heterocycles. The number of benzene rings is 2. The second-order valence-corrected chi connectivity index (χ2v) is 5.09. The number of aryl methyl sites for hydroxylation is 1. The summed E-state index contributed by atoms with van der Waals surface area (Å²) >= 11 is 0. The minimum absolute atomic E-state index is 0.915. The Morgan fingerprint density at radius 3 is 2.65 bits per heavy atom. The fourth-order valence-corrected chi connectivity index (χ4v) is 2.70. The van der Waals surface area contributed by atoms with Gasteiger partial charge in [0.15, 0.2) is 5.58 Å². The first-order chi connectivity index (χ1) is 9.74. The Morgan fingerprint density at radius 2 is 1.85 bits per heavy atom. The number of anilines is 1. The number of furan rings is 1. The number of fused-ring (bicyclic) bond motifs is 3. The molecule has 3 aromatic rings. The zero-order chi connectivity index (χ0) is 13.7. The number of hydrogen-bond donors (Lipinski definition) is 0. The Balaban J connectivity index is 2.04. The molecular weight excluding hydrogens is 248 g/mol. The van der Waals surface area contributed by atoms with Gasteiger partial charge < -0.3 is 14.2 Å². The van der Waals surface area contributed by atoms with Crippen LogP contribution in [-0.4, -0.2) is 11.9 Å². The molecule has 0 amide bonds. The Labute approximate surface area is 117 Å². The Hall–Kier alpha value is -2.42. The third-order valence-corrected chi connectivity index (χ3v) is 3.67. The molecule has 0 N–H and O–H groups in total. The smallest absolute Gasteiger partial charge is 0.212 e. The molecule has 0 aliphatic carbocycles. The molecule has 1 aliphatic rings. The van der Waals surface area contributed by atoms with Gasteiger partial charge in [-0.05, 0) is 18.6 Å². The van der Waals surface area contributed by atoms with Gasteiger partial charge in [-0.1, -0.05) is 30.3 Å². The van der Waals surface area contributed by atoms with Crippen molar-refractivity contribution in [3.63, 3.8) is 0 Å². The number of rotatable bonds is 1. The van der Waals surface area contributed by atoms with Gasteiger partial charge in [-0.15, -0.1) is 0 Å². The van der Waals surface area contributed by atoms with Gasteiger partial charge in [-0.3, -0.25) is 0 Å². The van der Waals surface area contributed by atoms with E-state index in [0.717, 1.165) is 27.6 Å². The molecule has 3 heteroatoms. The van der Waals surface area contributed by atoms with Gasteiger partial charge in [0.1, 0.15) is 5.58 Å². The largest absolute Gasteiger partial charge is 0.454 e. The zero-order valence-corrected chi connectivity index (χ0v) is 11.4. The van der Waals surface area contributed by atoms with Gasteiger partial charge in [-0.2, -0.15) is 0 Å². The fraction of sp³-hybridized carbons (Fsp3) is 0.118. The highest BCUT2D eigenvalue weighted by Crippen LogP contribution is 2.38. The summed E-state index contributed by atoms with van der Waals surface area (Å²) in [4.78, 5) is 3.89. The highest BCUT2D eigenvalue weighted by atomic mass is 16.3. The van der Waals surface area contributed by atoms with E-state index in [1.165, 1.54) is 5.56 Å². The minimum atomic E-state index is 0.915. The summed E-state index contributed by atoms with van der Waals surface area (Å²) in [5, 5.41) is 2.30. The van der Waals surface area contributed by atoms with Crippen molar-refractivity contribution in [1.82, 2.24) is 4.90 Å². The average Bonchev–Trinajstić information content (AvgIpc) is 3.02. The molecule has 0 unspecified atom stereocenters. The molecule has 98 valence electrons. The second-order valence-electron chi connectivity index (χ2n) is 5.09. The average molecular weight is 262 g/mol. The first-order valence-electron chi connectivity index (χ1n) is 6.61. The van der Waals surface area contributed by atoms with Crippen LogP contribution in [0, 0.1) is 13.6 Å². The van der Waals surface area contributed by atoms with Crippen LogP contribution in [0.5, 0.6) is 0 Å². The molecule has 1 aliphatic heterocycles. The van der Waals surface area contributed by atoms with Gasteiger partial charge in [0.25, 0.3) is 0 Å². The van der Waals surface area contributed by atoms with Crippen molar-refractivity contribution in [2.24, 2.45) is 0 Å². The molecule has 4 rings (SSSR count). The molecule has 0 bridgehead atoms. The van der Waals surface area contributed by atoms with Crippen molar-refractivity contribution < 1.29 is 4.42 Å². The summed E-state index contributed by atoms with van der Waals surface area (Å²) in [5.41, 5.74) is 4.06. The number of hydrogen-bond acceptors (Lipinski definition) is 3. The van der Waals surface area contributed by atoms with E-state index in [-0.39, 0.29) is 0 Å². The molecule has 2 radical (unpaired) electrons. The lowest BCUT2D eigenvalue weighted by atomic mass is 10.1. The highest BCUT2D eigenvalue weighted by Gasteiger charge is 2.20. The molecule has 2 heterocycles. The summed E-state index contributed by atoms with van der Waals surface area (Å²) in [5.74, 6) is 0. The van der Waals surface area contributed by atoms with Crippen molar-refractivity contribution in [3.8, 4) is 0 Å². The number of para-hydroxylation sites is 1. The van der Waals surface area contributed by atoms with Crippen LogP contribution < -0.4 is 4.90 Å². The highest BCUT2D eigenvalue weighted by molar-refractivity contribution is 6.09.